The molecule has 1 N–H and O–H groups in total. The van der Waals surface area contributed by atoms with E-state index in [1.54, 1.807) is 48.3 Å². The summed E-state index contributed by atoms with van der Waals surface area (Å²) in [6, 6.07) is 11.3. The second-order valence-corrected chi connectivity index (χ2v) is 8.58. The van der Waals surface area contributed by atoms with Crippen LogP contribution >= 0.6 is 0 Å². The number of rotatable bonds is 2. The first-order valence-corrected chi connectivity index (χ1v) is 10.9. The molecule has 0 unspecified atom stereocenters. The number of hydrogen-bond donors (Lipinski definition) is 1. The molecular formula is C26H19F6IrN2O3-. The second kappa shape index (κ2) is 10.4. The Morgan fingerprint density at radius 3 is 2.29 bits per heavy atom. The second-order valence-electron chi connectivity index (χ2n) is 8.58. The minimum atomic E-state index is -4.83. The van der Waals surface area contributed by atoms with Gasteiger partial charge in [-0.2, -0.15) is 32.4 Å². The molecule has 3 heterocycles. The van der Waals surface area contributed by atoms with E-state index in [-0.39, 0.29) is 37.3 Å². The van der Waals surface area contributed by atoms with Crippen LogP contribution in [0.3, 0.4) is 0 Å². The topological polar surface area (TPSA) is 64.3 Å². The number of nitrogens with zero attached hydrogens (tertiary/aromatic N) is 2. The van der Waals surface area contributed by atoms with Crippen LogP contribution in [-0.2, 0) is 38.1 Å². The van der Waals surface area contributed by atoms with Crippen LogP contribution in [0.1, 0.15) is 19.4 Å². The number of ether oxygens (including phenoxy) is 1. The molecule has 1 aliphatic rings. The van der Waals surface area contributed by atoms with Gasteiger partial charge in [0.2, 0.25) is 5.76 Å². The quantitative estimate of drug-likeness (QED) is 0.0676. The average Bonchev–Trinajstić information content (AvgIpc) is 3.19. The molecule has 2 aromatic heterocycles. The Labute approximate surface area is 226 Å². The Morgan fingerprint density at radius 1 is 1.08 bits per heavy atom. The SMILES string of the molecule is CC(C)C(=O)/C=C(\O)C(F)(F)F.Cn1c[c-]c2c1Oc1c(C(F)(F)F)c3ccccc3c3ccnc-2c13.[Ir]. The Bertz CT molecular complexity index is 1550. The maximum Gasteiger partial charge on any atom is 0.448 e. The van der Waals surface area contributed by atoms with E-state index in [2.05, 4.69) is 11.1 Å². The molecular weight excluding hydrogens is 695 g/mol. The van der Waals surface area contributed by atoms with E-state index in [0.29, 0.717) is 33.3 Å². The Hall–Kier alpha value is -3.37. The van der Waals surface area contributed by atoms with Crippen molar-refractivity contribution in [3.63, 3.8) is 0 Å². The molecule has 0 fully saturated rings. The van der Waals surface area contributed by atoms with Gasteiger partial charge in [0.25, 0.3) is 0 Å². The normalized spacial score (nSPS) is 12.9. The summed E-state index contributed by atoms with van der Waals surface area (Å²) in [6.07, 6.45) is -5.95. The van der Waals surface area contributed by atoms with Gasteiger partial charge in [-0.15, -0.1) is 5.56 Å². The van der Waals surface area contributed by atoms with Gasteiger partial charge < -0.3 is 19.4 Å². The van der Waals surface area contributed by atoms with Crippen LogP contribution in [0.4, 0.5) is 26.3 Å². The number of halogens is 6. The molecule has 0 spiro atoms. The van der Waals surface area contributed by atoms with Gasteiger partial charge in [-0.05, 0) is 33.3 Å². The van der Waals surface area contributed by atoms with Crippen LogP contribution in [0.5, 0.6) is 11.6 Å². The summed E-state index contributed by atoms with van der Waals surface area (Å²) in [5.74, 6) is -3.01. The van der Waals surface area contributed by atoms with Gasteiger partial charge in [-0.3, -0.25) is 4.79 Å². The number of benzene rings is 2. The molecule has 12 heteroatoms. The molecule has 5 rings (SSSR count). The van der Waals surface area contributed by atoms with Crippen molar-refractivity contribution in [1.29, 1.82) is 0 Å². The van der Waals surface area contributed by atoms with Crippen molar-refractivity contribution in [3.8, 4) is 22.9 Å². The molecule has 0 saturated heterocycles. The number of fused-ring (bicyclic) bond motifs is 4. The van der Waals surface area contributed by atoms with E-state index in [0.717, 1.165) is 0 Å². The fourth-order valence-corrected chi connectivity index (χ4v) is 3.90. The minimum absolute atomic E-state index is 0. The first-order chi connectivity index (χ1) is 17.2. The molecule has 0 amide bonds. The zero-order valence-electron chi connectivity index (χ0n) is 20.0. The van der Waals surface area contributed by atoms with Gasteiger partial charge in [-0.1, -0.05) is 44.3 Å². The number of alkyl halides is 6. The van der Waals surface area contributed by atoms with Gasteiger partial charge in [0.15, 0.2) is 5.78 Å². The number of allylic oxidation sites excluding steroid dienone is 2. The van der Waals surface area contributed by atoms with E-state index in [4.69, 9.17) is 9.84 Å². The van der Waals surface area contributed by atoms with E-state index >= 15 is 0 Å². The van der Waals surface area contributed by atoms with Gasteiger partial charge in [0.1, 0.15) is 11.3 Å². The molecule has 1 aliphatic heterocycles. The molecule has 203 valence electrons. The van der Waals surface area contributed by atoms with Crippen LogP contribution in [0.25, 0.3) is 32.8 Å². The summed E-state index contributed by atoms with van der Waals surface area (Å²) in [7, 11) is 1.70. The van der Waals surface area contributed by atoms with Gasteiger partial charge in [-0.25, -0.2) is 0 Å². The molecule has 0 saturated carbocycles. The predicted octanol–water partition coefficient (Wildman–Crippen LogP) is 7.53. The number of aliphatic hydroxyl groups is 1. The number of aliphatic hydroxyl groups excluding tert-OH is 1. The molecule has 38 heavy (non-hydrogen) atoms. The molecule has 0 aliphatic carbocycles. The van der Waals surface area contributed by atoms with Crippen LogP contribution in [0.15, 0.2) is 54.6 Å². The smallest absolute Gasteiger partial charge is 0.448 e. The number of aromatic nitrogens is 2. The van der Waals surface area contributed by atoms with Crippen molar-refractivity contribution in [2.24, 2.45) is 13.0 Å². The Kier molecular flexibility index (Phi) is 8.00. The Morgan fingerprint density at radius 2 is 1.71 bits per heavy atom. The fraction of sp³-hybridized carbons (Fsp3) is 0.231. The summed E-state index contributed by atoms with van der Waals surface area (Å²) < 4.78 is 84.0. The van der Waals surface area contributed by atoms with E-state index in [1.807, 2.05) is 0 Å². The molecule has 5 nitrogen and oxygen atoms in total. The summed E-state index contributed by atoms with van der Waals surface area (Å²) in [5, 5.41) is 10.0. The van der Waals surface area contributed by atoms with Crippen molar-refractivity contribution in [2.45, 2.75) is 26.2 Å². The molecule has 0 bridgehead atoms. The van der Waals surface area contributed by atoms with E-state index in [9.17, 15) is 31.1 Å². The number of ketones is 1. The first kappa shape index (κ1) is 29.2. The van der Waals surface area contributed by atoms with Crippen molar-refractivity contribution >= 4 is 27.3 Å². The maximum absolute atomic E-state index is 13.9. The average molecular weight is 714 g/mol. The van der Waals surface area contributed by atoms with Crippen LogP contribution in [0.2, 0.25) is 0 Å². The zero-order valence-corrected chi connectivity index (χ0v) is 22.4. The summed E-state index contributed by atoms with van der Waals surface area (Å²) in [5.41, 5.74) is 0.270. The van der Waals surface area contributed by atoms with Gasteiger partial charge in [0, 0.05) is 45.3 Å². The zero-order chi connectivity index (χ0) is 27.3. The standard InChI is InChI=1S/C19H10F3N2O.C7H9F3O2.Ir/c1-24-9-7-13-16-14-11(6-8-23-16)10-4-2-3-5-12(10)15(19(20,21)22)17(14)25-18(13)24;1-4(2)5(11)3-6(12)7(8,9)10;/h2-6,8-9H,1H3;3-4,12H,1-2H3;/q-1;;/b;6-3-;. The van der Waals surface area contributed by atoms with Crippen LogP contribution < -0.4 is 4.74 Å². The fourth-order valence-electron chi connectivity index (χ4n) is 3.90. The van der Waals surface area contributed by atoms with Gasteiger partial charge in [0.05, 0.1) is 5.88 Å². The Balaban J connectivity index is 0.000000265. The summed E-state index contributed by atoms with van der Waals surface area (Å²) in [6.45, 7) is 2.89. The molecule has 2 aromatic carbocycles. The third-order valence-electron chi connectivity index (χ3n) is 5.69. The summed E-state index contributed by atoms with van der Waals surface area (Å²) >= 11 is 0. The number of aryl methyl sites for hydroxylation is 1. The first-order valence-electron chi connectivity index (χ1n) is 10.9. The summed E-state index contributed by atoms with van der Waals surface area (Å²) in [4.78, 5) is 15.0. The van der Waals surface area contributed by atoms with Crippen LogP contribution in [0, 0.1) is 12.0 Å². The number of pyridine rings is 1. The van der Waals surface area contributed by atoms with Crippen molar-refractivity contribution in [1.82, 2.24) is 9.55 Å². The van der Waals surface area contributed by atoms with Crippen molar-refractivity contribution < 1.29 is 61.1 Å². The third-order valence-corrected chi connectivity index (χ3v) is 5.69. The monoisotopic (exact) mass is 714 g/mol. The minimum Gasteiger partial charge on any atom is -0.504 e. The van der Waals surface area contributed by atoms with Gasteiger partial charge >= 0.3 is 12.4 Å². The van der Waals surface area contributed by atoms with Crippen molar-refractivity contribution in [3.05, 3.63) is 66.2 Å². The largest absolute Gasteiger partial charge is 0.504 e. The number of carbonyl (C=O) groups excluding carboxylic acids is 1. The number of hydrogen-bond acceptors (Lipinski definition) is 4. The maximum atomic E-state index is 13.9. The number of carbonyl (C=O) groups is 1. The molecule has 1 radical (unpaired) electrons. The van der Waals surface area contributed by atoms with Crippen molar-refractivity contribution in [2.75, 3.05) is 0 Å². The van der Waals surface area contributed by atoms with E-state index in [1.165, 1.54) is 19.9 Å². The third kappa shape index (κ3) is 5.28. The van der Waals surface area contributed by atoms with E-state index < -0.39 is 35.4 Å². The molecule has 4 aromatic rings. The molecule has 0 atom stereocenters. The predicted molar refractivity (Wildman–Crippen MR) is 124 cm³/mol. The van der Waals surface area contributed by atoms with Crippen LogP contribution in [-0.4, -0.2) is 26.6 Å².